The van der Waals surface area contributed by atoms with Gasteiger partial charge in [0.2, 0.25) is 5.91 Å². The average Bonchev–Trinajstić information content (AvgIpc) is 2.56. The summed E-state index contributed by atoms with van der Waals surface area (Å²) >= 11 is 0. The van der Waals surface area contributed by atoms with Gasteiger partial charge in [0.15, 0.2) is 0 Å². The summed E-state index contributed by atoms with van der Waals surface area (Å²) in [5.41, 5.74) is 2.09. The molecule has 0 spiro atoms. The molecule has 0 radical (unpaired) electrons. The van der Waals surface area contributed by atoms with Crippen molar-refractivity contribution < 1.29 is 9.53 Å². The van der Waals surface area contributed by atoms with E-state index < -0.39 is 0 Å². The van der Waals surface area contributed by atoms with Crippen LogP contribution >= 0.6 is 0 Å². The topological polar surface area (TPSA) is 53.6 Å². The van der Waals surface area contributed by atoms with Crippen LogP contribution in [0.5, 0.6) is 0 Å². The van der Waals surface area contributed by atoms with Crippen LogP contribution in [0.4, 0.5) is 11.4 Å². The SMILES string of the molecule is COCCCNCC(=O)Nc1ccc(N2CCC(C)CC2)cc1. The Labute approximate surface area is 139 Å². The van der Waals surface area contributed by atoms with E-state index in [1.807, 2.05) is 12.1 Å². The Morgan fingerprint density at radius 1 is 1.26 bits per heavy atom. The van der Waals surface area contributed by atoms with Crippen molar-refractivity contribution in [1.29, 1.82) is 0 Å². The molecule has 1 aliphatic heterocycles. The van der Waals surface area contributed by atoms with Gasteiger partial charge in [0, 0.05) is 38.2 Å². The van der Waals surface area contributed by atoms with Crippen molar-refractivity contribution in [1.82, 2.24) is 5.32 Å². The predicted octanol–water partition coefficient (Wildman–Crippen LogP) is 2.49. The summed E-state index contributed by atoms with van der Waals surface area (Å²) in [5, 5.41) is 6.03. The molecule has 0 unspecified atom stereocenters. The second-order valence-electron chi connectivity index (χ2n) is 6.29. The highest BCUT2D eigenvalue weighted by atomic mass is 16.5. The monoisotopic (exact) mass is 319 g/mol. The average molecular weight is 319 g/mol. The number of ether oxygens (including phenoxy) is 1. The number of nitrogens with one attached hydrogen (secondary N) is 2. The Bertz CT molecular complexity index is 468. The second kappa shape index (κ2) is 9.53. The quantitative estimate of drug-likeness (QED) is 0.723. The number of rotatable bonds is 8. The zero-order chi connectivity index (χ0) is 16.5. The Balaban J connectivity index is 1.73. The molecule has 0 saturated carbocycles. The van der Waals surface area contributed by atoms with E-state index in [1.54, 1.807) is 7.11 Å². The van der Waals surface area contributed by atoms with Gasteiger partial charge in [-0.1, -0.05) is 6.92 Å². The van der Waals surface area contributed by atoms with Crippen LogP contribution in [0.15, 0.2) is 24.3 Å². The van der Waals surface area contributed by atoms with Crippen LogP contribution < -0.4 is 15.5 Å². The summed E-state index contributed by atoms with van der Waals surface area (Å²) in [5.74, 6) is 0.822. The third-order valence-corrected chi connectivity index (χ3v) is 4.29. The summed E-state index contributed by atoms with van der Waals surface area (Å²) in [6.07, 6.45) is 3.42. The molecule has 0 aromatic heterocycles. The van der Waals surface area contributed by atoms with Crippen molar-refractivity contribution in [3.63, 3.8) is 0 Å². The lowest BCUT2D eigenvalue weighted by Crippen LogP contribution is -2.32. The maximum atomic E-state index is 11.9. The van der Waals surface area contributed by atoms with Crippen LogP contribution in [0, 0.1) is 5.92 Å². The third kappa shape index (κ3) is 6.20. The third-order valence-electron chi connectivity index (χ3n) is 4.29. The first kappa shape index (κ1) is 17.8. The summed E-state index contributed by atoms with van der Waals surface area (Å²) in [4.78, 5) is 14.3. The van der Waals surface area contributed by atoms with Gasteiger partial charge >= 0.3 is 0 Å². The van der Waals surface area contributed by atoms with Crippen molar-refractivity contribution >= 4 is 17.3 Å². The maximum Gasteiger partial charge on any atom is 0.238 e. The van der Waals surface area contributed by atoms with E-state index in [-0.39, 0.29) is 5.91 Å². The molecular weight excluding hydrogens is 290 g/mol. The molecule has 1 saturated heterocycles. The number of anilines is 2. The number of nitrogens with zero attached hydrogens (tertiary/aromatic N) is 1. The summed E-state index contributed by atoms with van der Waals surface area (Å²) in [6.45, 7) is 6.39. The smallest absolute Gasteiger partial charge is 0.238 e. The number of methoxy groups -OCH3 is 1. The first-order chi connectivity index (χ1) is 11.2. The second-order valence-corrected chi connectivity index (χ2v) is 6.29. The lowest BCUT2D eigenvalue weighted by molar-refractivity contribution is -0.115. The molecule has 5 heteroatoms. The molecule has 1 aromatic rings. The minimum atomic E-state index is -0.0121. The van der Waals surface area contributed by atoms with Crippen LogP contribution in [-0.2, 0) is 9.53 Å². The van der Waals surface area contributed by atoms with Crippen molar-refractivity contribution in [2.75, 3.05) is 50.1 Å². The lowest BCUT2D eigenvalue weighted by atomic mass is 9.99. The molecule has 0 bridgehead atoms. The lowest BCUT2D eigenvalue weighted by Gasteiger charge is -2.32. The molecule has 2 N–H and O–H groups in total. The fraction of sp³-hybridized carbons (Fsp3) is 0.611. The van der Waals surface area contributed by atoms with E-state index >= 15 is 0 Å². The van der Waals surface area contributed by atoms with E-state index in [1.165, 1.54) is 18.5 Å². The summed E-state index contributed by atoms with van der Waals surface area (Å²) in [7, 11) is 1.68. The maximum absolute atomic E-state index is 11.9. The zero-order valence-electron chi connectivity index (χ0n) is 14.3. The fourth-order valence-electron chi connectivity index (χ4n) is 2.77. The van der Waals surface area contributed by atoms with Gasteiger partial charge in [-0.05, 0) is 56.0 Å². The molecular formula is C18H29N3O2. The molecule has 1 aliphatic rings. The normalized spacial score (nSPS) is 15.7. The standard InChI is InChI=1S/C18H29N3O2/c1-15-8-11-21(12-9-15)17-6-4-16(5-7-17)20-18(22)14-19-10-3-13-23-2/h4-7,15,19H,3,8-14H2,1-2H3,(H,20,22). The van der Waals surface area contributed by atoms with E-state index in [2.05, 4.69) is 34.6 Å². The fourth-order valence-corrected chi connectivity index (χ4v) is 2.77. The minimum Gasteiger partial charge on any atom is -0.385 e. The van der Waals surface area contributed by atoms with Gasteiger partial charge in [0.25, 0.3) is 0 Å². The van der Waals surface area contributed by atoms with Gasteiger partial charge in [-0.2, -0.15) is 0 Å². The predicted molar refractivity (Wildman–Crippen MR) is 95.0 cm³/mol. The van der Waals surface area contributed by atoms with Crippen LogP contribution in [0.1, 0.15) is 26.2 Å². The minimum absolute atomic E-state index is 0.0121. The number of benzene rings is 1. The number of piperidine rings is 1. The Kier molecular flexibility index (Phi) is 7.36. The molecule has 0 atom stereocenters. The molecule has 1 fully saturated rings. The van der Waals surface area contributed by atoms with Gasteiger partial charge in [0.05, 0.1) is 6.54 Å². The first-order valence-electron chi connectivity index (χ1n) is 8.53. The molecule has 1 heterocycles. The van der Waals surface area contributed by atoms with E-state index in [9.17, 15) is 4.79 Å². The molecule has 128 valence electrons. The van der Waals surface area contributed by atoms with Gasteiger partial charge in [-0.3, -0.25) is 4.79 Å². The molecule has 5 nitrogen and oxygen atoms in total. The molecule has 0 aliphatic carbocycles. The summed E-state index contributed by atoms with van der Waals surface area (Å²) in [6, 6.07) is 8.15. The summed E-state index contributed by atoms with van der Waals surface area (Å²) < 4.78 is 4.97. The van der Waals surface area contributed by atoms with E-state index in [4.69, 9.17) is 4.74 Å². The number of carbonyl (C=O) groups is 1. The number of hydrogen-bond donors (Lipinski definition) is 2. The molecule has 1 amide bonds. The van der Waals surface area contributed by atoms with Crippen LogP contribution in [-0.4, -0.2) is 45.8 Å². The first-order valence-corrected chi connectivity index (χ1v) is 8.53. The number of amides is 1. The highest BCUT2D eigenvalue weighted by Crippen LogP contribution is 2.24. The van der Waals surface area contributed by atoms with Crippen molar-refractivity contribution in [3.8, 4) is 0 Å². The molecule has 23 heavy (non-hydrogen) atoms. The van der Waals surface area contributed by atoms with Crippen LogP contribution in [0.3, 0.4) is 0 Å². The molecule has 2 rings (SSSR count). The highest BCUT2D eigenvalue weighted by Gasteiger charge is 2.15. The zero-order valence-corrected chi connectivity index (χ0v) is 14.3. The van der Waals surface area contributed by atoms with Crippen molar-refractivity contribution in [2.45, 2.75) is 26.2 Å². The van der Waals surface area contributed by atoms with Gasteiger partial charge < -0.3 is 20.3 Å². The van der Waals surface area contributed by atoms with Gasteiger partial charge in [-0.25, -0.2) is 0 Å². The Morgan fingerprint density at radius 2 is 1.96 bits per heavy atom. The van der Waals surface area contributed by atoms with Gasteiger partial charge in [0.1, 0.15) is 0 Å². The van der Waals surface area contributed by atoms with E-state index in [0.29, 0.717) is 13.2 Å². The number of hydrogen-bond acceptors (Lipinski definition) is 4. The van der Waals surface area contributed by atoms with Crippen LogP contribution in [0.25, 0.3) is 0 Å². The van der Waals surface area contributed by atoms with Crippen molar-refractivity contribution in [2.24, 2.45) is 5.92 Å². The largest absolute Gasteiger partial charge is 0.385 e. The molecule has 1 aromatic carbocycles. The van der Waals surface area contributed by atoms with Crippen LogP contribution in [0.2, 0.25) is 0 Å². The van der Waals surface area contributed by atoms with Gasteiger partial charge in [-0.15, -0.1) is 0 Å². The number of carbonyl (C=O) groups excluding carboxylic acids is 1. The van der Waals surface area contributed by atoms with Crippen molar-refractivity contribution in [3.05, 3.63) is 24.3 Å². The van der Waals surface area contributed by atoms with E-state index in [0.717, 1.165) is 37.7 Å². The Morgan fingerprint density at radius 3 is 2.61 bits per heavy atom. The highest BCUT2D eigenvalue weighted by molar-refractivity contribution is 5.92. The Hall–Kier alpha value is -1.59.